The van der Waals surface area contributed by atoms with Crippen LogP contribution in [0.2, 0.25) is 0 Å². The van der Waals surface area contributed by atoms with Gasteiger partial charge in [0, 0.05) is 11.1 Å². The second-order valence-corrected chi connectivity index (χ2v) is 6.44. The molecular formula is C12H15BrFNO5S. The number of benzene rings is 1. The predicted molar refractivity (Wildman–Crippen MR) is 76.9 cm³/mol. The van der Waals surface area contributed by atoms with Crippen LogP contribution in [0.1, 0.15) is 23.7 Å². The summed E-state index contributed by atoms with van der Waals surface area (Å²) in [5.74, 6) is -1.89. The molecule has 0 spiro atoms. The SMILES string of the molecule is CCCOCCOC(=O)c1cc(S(N)(=O)=O)c(Br)cc1F. The quantitative estimate of drug-likeness (QED) is 0.572. The Morgan fingerprint density at radius 2 is 2.00 bits per heavy atom. The molecule has 0 aromatic heterocycles. The fourth-order valence-electron chi connectivity index (χ4n) is 1.42. The van der Waals surface area contributed by atoms with E-state index in [9.17, 15) is 17.6 Å². The molecule has 9 heteroatoms. The lowest BCUT2D eigenvalue weighted by Crippen LogP contribution is -2.16. The maximum atomic E-state index is 13.7. The zero-order valence-corrected chi connectivity index (χ0v) is 13.7. The Morgan fingerprint density at radius 1 is 1.33 bits per heavy atom. The van der Waals surface area contributed by atoms with Gasteiger partial charge in [-0.05, 0) is 34.5 Å². The number of sulfonamides is 1. The molecule has 0 saturated carbocycles. The molecule has 0 heterocycles. The van der Waals surface area contributed by atoms with Gasteiger partial charge in [-0.2, -0.15) is 0 Å². The first-order chi connectivity index (χ1) is 9.77. The third-order valence-corrected chi connectivity index (χ3v) is 4.23. The summed E-state index contributed by atoms with van der Waals surface area (Å²) in [4.78, 5) is 11.3. The van der Waals surface area contributed by atoms with E-state index < -0.39 is 32.3 Å². The standard InChI is InChI=1S/C12H15BrFNO5S/c1-2-3-19-4-5-20-12(16)8-6-11(21(15,17)18)9(13)7-10(8)14/h6-7H,2-5H2,1H3,(H2,15,17,18). The highest BCUT2D eigenvalue weighted by atomic mass is 79.9. The molecule has 0 aliphatic heterocycles. The molecule has 0 radical (unpaired) electrons. The van der Waals surface area contributed by atoms with Crippen molar-refractivity contribution in [2.45, 2.75) is 18.2 Å². The van der Waals surface area contributed by atoms with Crippen molar-refractivity contribution in [3.63, 3.8) is 0 Å². The van der Waals surface area contributed by atoms with Gasteiger partial charge in [0.25, 0.3) is 0 Å². The minimum Gasteiger partial charge on any atom is -0.460 e. The topological polar surface area (TPSA) is 95.7 Å². The number of hydrogen-bond acceptors (Lipinski definition) is 5. The van der Waals surface area contributed by atoms with Gasteiger partial charge in [-0.1, -0.05) is 6.92 Å². The van der Waals surface area contributed by atoms with Gasteiger partial charge in [-0.15, -0.1) is 0 Å². The molecule has 0 aliphatic rings. The van der Waals surface area contributed by atoms with Crippen LogP contribution in [-0.4, -0.2) is 34.2 Å². The van der Waals surface area contributed by atoms with Crippen LogP contribution in [0.3, 0.4) is 0 Å². The van der Waals surface area contributed by atoms with Crippen LogP contribution in [0, 0.1) is 5.82 Å². The van der Waals surface area contributed by atoms with E-state index in [2.05, 4.69) is 15.9 Å². The molecule has 0 atom stereocenters. The van der Waals surface area contributed by atoms with Gasteiger partial charge in [0.15, 0.2) is 0 Å². The first kappa shape index (κ1) is 18.0. The van der Waals surface area contributed by atoms with Crippen molar-refractivity contribution in [3.8, 4) is 0 Å². The number of primary sulfonamides is 1. The minimum atomic E-state index is -4.08. The monoisotopic (exact) mass is 383 g/mol. The largest absolute Gasteiger partial charge is 0.460 e. The number of hydrogen-bond donors (Lipinski definition) is 1. The predicted octanol–water partition coefficient (Wildman–Crippen LogP) is 1.82. The molecule has 0 fully saturated rings. The van der Waals surface area contributed by atoms with Crippen molar-refractivity contribution in [1.29, 1.82) is 0 Å². The summed E-state index contributed by atoms with van der Waals surface area (Å²) < 4.78 is 46.2. The second-order valence-electron chi connectivity index (χ2n) is 4.06. The Labute approximate surface area is 130 Å². The van der Waals surface area contributed by atoms with E-state index in [0.717, 1.165) is 18.6 Å². The molecule has 1 rings (SSSR count). The summed E-state index contributed by atoms with van der Waals surface area (Å²) in [6, 6.07) is 1.69. The van der Waals surface area contributed by atoms with Crippen LogP contribution in [0.5, 0.6) is 0 Å². The summed E-state index contributed by atoms with van der Waals surface area (Å²) in [7, 11) is -4.08. The van der Waals surface area contributed by atoms with Gasteiger partial charge >= 0.3 is 5.97 Å². The van der Waals surface area contributed by atoms with Crippen molar-refractivity contribution in [2.24, 2.45) is 5.14 Å². The Hall–Kier alpha value is -1.03. The van der Waals surface area contributed by atoms with Gasteiger partial charge in [0.05, 0.1) is 17.1 Å². The number of ether oxygens (including phenoxy) is 2. The van der Waals surface area contributed by atoms with Crippen molar-refractivity contribution in [2.75, 3.05) is 19.8 Å². The lowest BCUT2D eigenvalue weighted by Gasteiger charge is -2.08. The van der Waals surface area contributed by atoms with E-state index in [1.807, 2.05) is 6.92 Å². The van der Waals surface area contributed by atoms with E-state index in [-0.39, 0.29) is 17.7 Å². The van der Waals surface area contributed by atoms with E-state index in [1.165, 1.54) is 0 Å². The van der Waals surface area contributed by atoms with Crippen LogP contribution >= 0.6 is 15.9 Å². The third-order valence-electron chi connectivity index (χ3n) is 2.36. The first-order valence-electron chi connectivity index (χ1n) is 6.04. The molecule has 0 bridgehead atoms. The molecule has 1 aromatic carbocycles. The van der Waals surface area contributed by atoms with E-state index in [0.29, 0.717) is 6.61 Å². The van der Waals surface area contributed by atoms with E-state index >= 15 is 0 Å². The van der Waals surface area contributed by atoms with Crippen LogP contribution in [0.4, 0.5) is 4.39 Å². The molecule has 1 aromatic rings. The van der Waals surface area contributed by atoms with E-state index in [1.54, 1.807) is 0 Å². The second kappa shape index (κ2) is 7.83. The maximum absolute atomic E-state index is 13.7. The Kier molecular flexibility index (Phi) is 6.72. The number of nitrogens with two attached hydrogens (primary N) is 1. The normalized spacial score (nSPS) is 11.4. The van der Waals surface area contributed by atoms with Gasteiger partial charge in [-0.25, -0.2) is 22.7 Å². The lowest BCUT2D eigenvalue weighted by molar-refractivity contribution is 0.0314. The number of esters is 1. The number of carbonyl (C=O) groups excluding carboxylic acids is 1. The third kappa shape index (κ3) is 5.34. The average Bonchev–Trinajstić information content (AvgIpc) is 2.36. The Morgan fingerprint density at radius 3 is 2.57 bits per heavy atom. The van der Waals surface area contributed by atoms with Crippen LogP contribution in [-0.2, 0) is 19.5 Å². The minimum absolute atomic E-state index is 0.0565. The number of halogens is 2. The highest BCUT2D eigenvalue weighted by Crippen LogP contribution is 2.25. The van der Waals surface area contributed by atoms with Crippen LogP contribution < -0.4 is 5.14 Å². The summed E-state index contributed by atoms with van der Waals surface area (Å²) in [6.45, 7) is 2.58. The van der Waals surface area contributed by atoms with Crippen molar-refractivity contribution >= 4 is 31.9 Å². The molecule has 21 heavy (non-hydrogen) atoms. The van der Waals surface area contributed by atoms with Crippen molar-refractivity contribution < 1.29 is 27.1 Å². The van der Waals surface area contributed by atoms with Gasteiger partial charge in [-0.3, -0.25) is 0 Å². The van der Waals surface area contributed by atoms with Crippen molar-refractivity contribution in [3.05, 3.63) is 28.0 Å². The molecule has 6 nitrogen and oxygen atoms in total. The molecule has 0 amide bonds. The molecular weight excluding hydrogens is 369 g/mol. The fraction of sp³-hybridized carbons (Fsp3) is 0.417. The Balaban J connectivity index is 2.85. The summed E-state index contributed by atoms with van der Waals surface area (Å²) >= 11 is 2.88. The molecule has 0 unspecified atom stereocenters. The molecule has 0 saturated heterocycles. The molecule has 2 N–H and O–H groups in total. The zero-order valence-electron chi connectivity index (χ0n) is 11.3. The lowest BCUT2D eigenvalue weighted by atomic mass is 10.2. The Bertz CT molecular complexity index is 620. The number of carbonyl (C=O) groups is 1. The van der Waals surface area contributed by atoms with Gasteiger partial charge in [0.1, 0.15) is 12.4 Å². The maximum Gasteiger partial charge on any atom is 0.341 e. The van der Waals surface area contributed by atoms with Gasteiger partial charge < -0.3 is 9.47 Å². The summed E-state index contributed by atoms with van der Waals surface area (Å²) in [5.41, 5.74) is -0.502. The molecule has 118 valence electrons. The van der Waals surface area contributed by atoms with Crippen LogP contribution in [0.25, 0.3) is 0 Å². The molecule has 0 aliphatic carbocycles. The van der Waals surface area contributed by atoms with Crippen molar-refractivity contribution in [1.82, 2.24) is 0 Å². The summed E-state index contributed by atoms with van der Waals surface area (Å²) in [5, 5.41) is 4.98. The smallest absolute Gasteiger partial charge is 0.341 e. The van der Waals surface area contributed by atoms with Gasteiger partial charge in [0.2, 0.25) is 10.0 Å². The highest BCUT2D eigenvalue weighted by molar-refractivity contribution is 9.10. The number of rotatable bonds is 7. The fourth-order valence-corrected chi connectivity index (χ4v) is 3.03. The van der Waals surface area contributed by atoms with Crippen LogP contribution in [0.15, 0.2) is 21.5 Å². The summed E-state index contributed by atoms with van der Waals surface area (Å²) in [6.07, 6.45) is 0.826. The average molecular weight is 384 g/mol. The zero-order chi connectivity index (χ0) is 16.0. The van der Waals surface area contributed by atoms with E-state index in [4.69, 9.17) is 14.6 Å². The first-order valence-corrected chi connectivity index (χ1v) is 8.38. The highest BCUT2D eigenvalue weighted by Gasteiger charge is 2.21.